The van der Waals surface area contributed by atoms with E-state index in [-0.39, 0.29) is 12.3 Å². The first kappa shape index (κ1) is 28.7. The lowest BCUT2D eigenvalue weighted by molar-refractivity contribution is -0.144. The summed E-state index contributed by atoms with van der Waals surface area (Å²) in [5, 5.41) is 42.5. The van der Waals surface area contributed by atoms with Gasteiger partial charge in [-0.05, 0) is 18.8 Å². The van der Waals surface area contributed by atoms with E-state index in [2.05, 4.69) is 10.6 Å². The number of nitrogens with two attached hydrogens (primary N) is 1. The van der Waals surface area contributed by atoms with Crippen molar-refractivity contribution in [1.29, 1.82) is 0 Å². The van der Waals surface area contributed by atoms with Gasteiger partial charge >= 0.3 is 17.9 Å². The molecule has 32 heavy (non-hydrogen) atoms. The van der Waals surface area contributed by atoms with E-state index < -0.39 is 85.7 Å². The number of hydrogen-bond acceptors (Lipinski definition) is 8. The first-order valence-corrected chi connectivity index (χ1v) is 9.72. The molecule has 0 aromatic heterocycles. The summed E-state index contributed by atoms with van der Waals surface area (Å²) in [6, 6.07) is -5.95. The van der Waals surface area contributed by atoms with Crippen LogP contribution in [-0.4, -0.2) is 86.8 Å². The SMILES string of the molecule is CC(C)CC(NC(=O)C(CCC(=O)O)NC(=O)C(CC(=O)O)NC(=O)C(N)CO)C(=O)O. The third-order valence-electron chi connectivity index (χ3n) is 4.15. The summed E-state index contributed by atoms with van der Waals surface area (Å²) in [6.45, 7) is 2.67. The number of nitrogens with one attached hydrogen (secondary N) is 3. The minimum absolute atomic E-state index is 0.0669. The fourth-order valence-corrected chi connectivity index (χ4v) is 2.52. The molecule has 0 aliphatic carbocycles. The maximum Gasteiger partial charge on any atom is 0.326 e. The lowest BCUT2D eigenvalue weighted by atomic mass is 10.0. The normalized spacial score (nSPS) is 14.5. The van der Waals surface area contributed by atoms with Crippen molar-refractivity contribution in [3.8, 4) is 0 Å². The molecule has 9 N–H and O–H groups in total. The van der Waals surface area contributed by atoms with E-state index in [0.717, 1.165) is 0 Å². The predicted molar refractivity (Wildman–Crippen MR) is 107 cm³/mol. The Morgan fingerprint density at radius 1 is 0.781 bits per heavy atom. The molecule has 0 radical (unpaired) electrons. The van der Waals surface area contributed by atoms with Crippen LogP contribution in [0.5, 0.6) is 0 Å². The van der Waals surface area contributed by atoms with Gasteiger partial charge in [-0.3, -0.25) is 24.0 Å². The van der Waals surface area contributed by atoms with Crippen molar-refractivity contribution in [3.63, 3.8) is 0 Å². The van der Waals surface area contributed by atoms with E-state index in [1.54, 1.807) is 13.8 Å². The van der Waals surface area contributed by atoms with Gasteiger partial charge in [-0.2, -0.15) is 0 Å². The molecule has 14 nitrogen and oxygen atoms in total. The van der Waals surface area contributed by atoms with Crippen LogP contribution in [0.3, 0.4) is 0 Å². The lowest BCUT2D eigenvalue weighted by Crippen LogP contribution is -2.58. The van der Waals surface area contributed by atoms with Crippen LogP contribution in [0.4, 0.5) is 0 Å². The summed E-state index contributed by atoms with van der Waals surface area (Å²) in [6.07, 6.45) is -1.82. The highest BCUT2D eigenvalue weighted by Crippen LogP contribution is 2.07. The second kappa shape index (κ2) is 13.9. The predicted octanol–water partition coefficient (Wildman–Crippen LogP) is -2.77. The number of aliphatic carboxylic acids is 3. The summed E-state index contributed by atoms with van der Waals surface area (Å²) in [5.41, 5.74) is 5.32. The highest BCUT2D eigenvalue weighted by Gasteiger charge is 2.31. The molecular formula is C18H30N4O10. The van der Waals surface area contributed by atoms with Gasteiger partial charge in [0.25, 0.3) is 0 Å². The first-order valence-electron chi connectivity index (χ1n) is 9.72. The zero-order valence-corrected chi connectivity index (χ0v) is 17.7. The van der Waals surface area contributed by atoms with Crippen LogP contribution < -0.4 is 21.7 Å². The van der Waals surface area contributed by atoms with Crippen LogP contribution in [0.15, 0.2) is 0 Å². The molecule has 3 amide bonds. The largest absolute Gasteiger partial charge is 0.481 e. The molecule has 0 aliphatic heterocycles. The molecule has 4 atom stereocenters. The third-order valence-corrected chi connectivity index (χ3v) is 4.15. The Labute approximate surface area is 183 Å². The number of amides is 3. The molecule has 4 unspecified atom stereocenters. The molecule has 14 heteroatoms. The van der Waals surface area contributed by atoms with Gasteiger partial charge in [0.05, 0.1) is 13.0 Å². The standard InChI is InChI=1S/C18H30N4O10/c1-8(2)5-12(18(31)32)22-16(29)10(3-4-13(24)25)20-17(30)11(6-14(26)27)21-15(28)9(19)7-23/h8-12,23H,3-7,19H2,1-2H3,(H,20,30)(H,21,28)(H,22,29)(H,24,25)(H,26,27)(H,31,32). The lowest BCUT2D eigenvalue weighted by Gasteiger charge is -2.24. The minimum atomic E-state index is -1.69. The quantitative estimate of drug-likeness (QED) is 0.124. The molecule has 0 fully saturated rings. The fourth-order valence-electron chi connectivity index (χ4n) is 2.52. The smallest absolute Gasteiger partial charge is 0.326 e. The number of carboxylic acids is 3. The summed E-state index contributed by atoms with van der Waals surface area (Å²) < 4.78 is 0. The Balaban J connectivity index is 5.55. The molecule has 0 spiro atoms. The number of aliphatic hydroxyl groups excluding tert-OH is 1. The van der Waals surface area contributed by atoms with Gasteiger partial charge < -0.3 is 42.1 Å². The van der Waals surface area contributed by atoms with Crippen molar-refractivity contribution in [2.45, 2.75) is 63.7 Å². The molecular weight excluding hydrogens is 432 g/mol. The van der Waals surface area contributed by atoms with Gasteiger partial charge in [0.2, 0.25) is 17.7 Å². The number of rotatable bonds is 15. The van der Waals surface area contributed by atoms with Crippen LogP contribution in [0.1, 0.15) is 39.5 Å². The van der Waals surface area contributed by atoms with Crippen LogP contribution in [0.2, 0.25) is 0 Å². The average Bonchev–Trinajstić information content (AvgIpc) is 2.67. The summed E-state index contributed by atoms with van der Waals surface area (Å²) in [4.78, 5) is 70.3. The maximum absolute atomic E-state index is 12.6. The van der Waals surface area contributed by atoms with Crippen molar-refractivity contribution in [1.82, 2.24) is 16.0 Å². The molecule has 182 valence electrons. The molecule has 0 aromatic rings. The second-order valence-electron chi connectivity index (χ2n) is 7.47. The van der Waals surface area contributed by atoms with E-state index in [9.17, 15) is 33.9 Å². The maximum atomic E-state index is 12.6. The van der Waals surface area contributed by atoms with Crippen molar-refractivity contribution in [2.75, 3.05) is 6.61 Å². The highest BCUT2D eigenvalue weighted by molar-refractivity contribution is 5.95. The van der Waals surface area contributed by atoms with Gasteiger partial charge in [0.15, 0.2) is 0 Å². The monoisotopic (exact) mass is 462 g/mol. The number of aliphatic hydroxyl groups is 1. The van der Waals surface area contributed by atoms with Crippen molar-refractivity contribution >= 4 is 35.6 Å². The molecule has 0 saturated heterocycles. The van der Waals surface area contributed by atoms with Gasteiger partial charge in [-0.15, -0.1) is 0 Å². The summed E-state index contributed by atoms with van der Waals surface area (Å²) in [5.74, 6) is -7.34. The Morgan fingerprint density at radius 3 is 1.72 bits per heavy atom. The van der Waals surface area contributed by atoms with E-state index in [4.69, 9.17) is 21.1 Å². The van der Waals surface area contributed by atoms with Crippen LogP contribution in [-0.2, 0) is 28.8 Å². The fraction of sp³-hybridized carbons (Fsp3) is 0.667. The molecule has 0 aromatic carbocycles. The summed E-state index contributed by atoms with van der Waals surface area (Å²) >= 11 is 0. The molecule has 0 aliphatic rings. The van der Waals surface area contributed by atoms with Crippen molar-refractivity contribution in [2.24, 2.45) is 11.7 Å². The minimum Gasteiger partial charge on any atom is -0.481 e. The van der Waals surface area contributed by atoms with Gasteiger partial charge in [-0.25, -0.2) is 4.79 Å². The summed E-state index contributed by atoms with van der Waals surface area (Å²) in [7, 11) is 0. The zero-order valence-electron chi connectivity index (χ0n) is 17.7. The van der Waals surface area contributed by atoms with Crippen LogP contribution in [0.25, 0.3) is 0 Å². The Hall–Kier alpha value is -3.26. The topological polar surface area (TPSA) is 245 Å². The van der Waals surface area contributed by atoms with E-state index in [1.165, 1.54) is 0 Å². The van der Waals surface area contributed by atoms with Crippen LogP contribution in [0, 0.1) is 5.92 Å². The molecule has 0 rings (SSSR count). The number of carbonyl (C=O) groups excluding carboxylic acids is 3. The van der Waals surface area contributed by atoms with E-state index >= 15 is 0 Å². The first-order chi connectivity index (χ1) is 14.8. The molecule has 0 bridgehead atoms. The van der Waals surface area contributed by atoms with Crippen molar-refractivity contribution in [3.05, 3.63) is 0 Å². The van der Waals surface area contributed by atoms with Gasteiger partial charge in [-0.1, -0.05) is 13.8 Å². The molecule has 0 heterocycles. The van der Waals surface area contributed by atoms with Gasteiger partial charge in [0, 0.05) is 6.42 Å². The molecule has 0 saturated carbocycles. The Bertz CT molecular complexity index is 712. The Morgan fingerprint density at radius 2 is 1.28 bits per heavy atom. The van der Waals surface area contributed by atoms with Gasteiger partial charge in [0.1, 0.15) is 24.2 Å². The zero-order chi connectivity index (χ0) is 25.0. The Kier molecular flexibility index (Phi) is 12.5. The third kappa shape index (κ3) is 11.2. The number of carboxylic acid groups (broad SMARTS) is 3. The number of hydrogen-bond donors (Lipinski definition) is 8. The van der Waals surface area contributed by atoms with Crippen LogP contribution >= 0.6 is 0 Å². The average molecular weight is 462 g/mol. The highest BCUT2D eigenvalue weighted by atomic mass is 16.4. The van der Waals surface area contributed by atoms with E-state index in [0.29, 0.717) is 0 Å². The number of carbonyl (C=O) groups is 6. The second-order valence-corrected chi connectivity index (χ2v) is 7.47. The van der Waals surface area contributed by atoms with Crippen molar-refractivity contribution < 1.29 is 49.2 Å². The van der Waals surface area contributed by atoms with E-state index in [1.807, 2.05) is 5.32 Å².